The monoisotopic (exact) mass is 696 g/mol. The van der Waals surface area contributed by atoms with Crippen molar-refractivity contribution in [2.45, 2.75) is 19.3 Å². The van der Waals surface area contributed by atoms with Crippen LogP contribution < -0.4 is 9.47 Å². The second kappa shape index (κ2) is 11.5. The van der Waals surface area contributed by atoms with Crippen LogP contribution in [0.25, 0.3) is 72.8 Å². The Kier molecular flexibility index (Phi) is 6.49. The van der Waals surface area contributed by atoms with Gasteiger partial charge in [0, 0.05) is 44.1 Å². The van der Waals surface area contributed by atoms with Gasteiger partial charge in [-0.05, 0) is 77.4 Å². The predicted octanol–water partition coefficient (Wildman–Crippen LogP) is 12.2. The van der Waals surface area contributed by atoms with Crippen molar-refractivity contribution in [2.24, 2.45) is 0 Å². The highest BCUT2D eigenvalue weighted by Gasteiger charge is 2.39. The minimum absolute atomic E-state index is 0.132. The molecular formula is C48H32N4O2. The minimum Gasteiger partial charge on any atom is -0.449 e. The third-order valence-electron chi connectivity index (χ3n) is 10.9. The average Bonchev–Trinajstić information content (AvgIpc) is 3.68. The van der Waals surface area contributed by atoms with Crippen molar-refractivity contribution in [3.63, 3.8) is 0 Å². The standard InChI is InChI=1S/C48H32N4O2/c1-48(2)36-17-9-6-16-35(36)43-37(48)25-27-41-44(43)54-40-26-22-31(28-42(40)53-41)47-50-45(29-12-4-3-5-13-29)49-46(51-47)30-20-23-32(24-21-30)52-38-18-10-7-14-33(38)34-15-8-11-19-39(34)52/h3-28H,1-2H3. The van der Waals surface area contributed by atoms with Crippen molar-refractivity contribution in [1.82, 2.24) is 19.5 Å². The van der Waals surface area contributed by atoms with E-state index in [4.69, 9.17) is 24.4 Å². The molecule has 6 nitrogen and oxygen atoms in total. The van der Waals surface area contributed by atoms with E-state index in [1.165, 1.54) is 38.5 Å². The summed E-state index contributed by atoms with van der Waals surface area (Å²) in [5, 5.41) is 2.46. The number of fused-ring (bicyclic) bond motifs is 9. The lowest BCUT2D eigenvalue weighted by atomic mass is 9.82. The predicted molar refractivity (Wildman–Crippen MR) is 215 cm³/mol. The first-order valence-corrected chi connectivity index (χ1v) is 18.2. The third kappa shape index (κ3) is 4.56. The molecular weight excluding hydrogens is 665 g/mol. The molecule has 54 heavy (non-hydrogen) atoms. The molecule has 6 heteroatoms. The van der Waals surface area contributed by atoms with E-state index < -0.39 is 0 Å². The normalized spacial score (nSPS) is 13.4. The van der Waals surface area contributed by atoms with Gasteiger partial charge in [0.15, 0.2) is 40.5 Å². The second-order valence-electron chi connectivity index (χ2n) is 14.4. The molecule has 1 aliphatic carbocycles. The average molecular weight is 697 g/mol. The summed E-state index contributed by atoms with van der Waals surface area (Å²) in [6.07, 6.45) is 0. The molecule has 2 aromatic heterocycles. The van der Waals surface area contributed by atoms with E-state index in [-0.39, 0.29) is 5.41 Å². The van der Waals surface area contributed by atoms with Crippen molar-refractivity contribution in [2.75, 3.05) is 0 Å². The van der Waals surface area contributed by atoms with Gasteiger partial charge in [0.2, 0.25) is 0 Å². The molecule has 0 atom stereocenters. The SMILES string of the molecule is CC1(C)c2ccccc2-c2c1ccc1c2Oc2ccc(-c3nc(-c4ccccc4)nc(-c4ccc(-n5c6ccccc6c6ccccc65)cc4)n3)cc2O1. The molecule has 9 aromatic rings. The highest BCUT2D eigenvalue weighted by atomic mass is 16.6. The first-order chi connectivity index (χ1) is 26.5. The van der Waals surface area contributed by atoms with E-state index in [1.807, 2.05) is 54.6 Å². The molecule has 0 saturated heterocycles. The summed E-state index contributed by atoms with van der Waals surface area (Å²) in [5.74, 6) is 4.44. The van der Waals surface area contributed by atoms with Crippen LogP contribution in [-0.2, 0) is 5.41 Å². The zero-order chi connectivity index (χ0) is 36.0. The van der Waals surface area contributed by atoms with E-state index in [0.717, 1.165) is 33.7 Å². The molecule has 0 bridgehead atoms. The van der Waals surface area contributed by atoms with Gasteiger partial charge < -0.3 is 14.0 Å². The van der Waals surface area contributed by atoms with Crippen molar-refractivity contribution in [3.05, 3.63) is 169 Å². The Morgan fingerprint density at radius 1 is 0.463 bits per heavy atom. The molecule has 1 aliphatic heterocycles. The fourth-order valence-corrected chi connectivity index (χ4v) is 8.28. The van der Waals surface area contributed by atoms with Crippen LogP contribution in [-0.4, -0.2) is 19.5 Å². The molecule has 0 amide bonds. The first-order valence-electron chi connectivity index (χ1n) is 18.2. The van der Waals surface area contributed by atoms with E-state index in [1.54, 1.807) is 0 Å². The highest BCUT2D eigenvalue weighted by molar-refractivity contribution is 6.09. The van der Waals surface area contributed by atoms with Crippen molar-refractivity contribution in [3.8, 4) is 74.0 Å². The van der Waals surface area contributed by atoms with Crippen molar-refractivity contribution < 1.29 is 9.47 Å². The zero-order valence-corrected chi connectivity index (χ0v) is 29.6. The fraction of sp³-hybridized carbons (Fsp3) is 0.0625. The fourth-order valence-electron chi connectivity index (χ4n) is 8.28. The zero-order valence-electron chi connectivity index (χ0n) is 29.6. The van der Waals surface area contributed by atoms with Crippen LogP contribution in [0.2, 0.25) is 0 Å². The number of rotatable bonds is 4. The smallest absolute Gasteiger partial charge is 0.178 e. The van der Waals surface area contributed by atoms with Crippen LogP contribution in [0, 0.1) is 0 Å². The lowest BCUT2D eigenvalue weighted by Crippen LogP contribution is -2.15. The number of nitrogens with zero attached hydrogens (tertiary/aromatic N) is 4. The summed E-state index contributed by atoms with van der Waals surface area (Å²) >= 11 is 0. The highest BCUT2D eigenvalue weighted by Crippen LogP contribution is 2.58. The summed E-state index contributed by atoms with van der Waals surface area (Å²) < 4.78 is 15.6. The molecule has 0 fully saturated rings. The van der Waals surface area contributed by atoms with Gasteiger partial charge >= 0.3 is 0 Å². The van der Waals surface area contributed by atoms with E-state index >= 15 is 0 Å². The Hall–Kier alpha value is -7.05. The molecule has 0 spiro atoms. The summed E-state index contributed by atoms with van der Waals surface area (Å²) in [7, 11) is 0. The summed E-state index contributed by atoms with van der Waals surface area (Å²) in [6.45, 7) is 4.53. The third-order valence-corrected chi connectivity index (χ3v) is 10.9. The molecule has 0 N–H and O–H groups in total. The Morgan fingerprint density at radius 2 is 1.04 bits per heavy atom. The summed E-state index contributed by atoms with van der Waals surface area (Å²) in [4.78, 5) is 15.0. The van der Waals surface area contributed by atoms with Gasteiger partial charge in [-0.25, -0.2) is 15.0 Å². The molecule has 256 valence electrons. The van der Waals surface area contributed by atoms with Crippen LogP contribution in [0.3, 0.4) is 0 Å². The Labute approximate surface area is 312 Å². The van der Waals surface area contributed by atoms with Gasteiger partial charge in [0.1, 0.15) is 0 Å². The van der Waals surface area contributed by atoms with Crippen LogP contribution in [0.1, 0.15) is 25.0 Å². The first kappa shape index (κ1) is 30.6. The molecule has 7 aromatic carbocycles. The van der Waals surface area contributed by atoms with E-state index in [9.17, 15) is 0 Å². The van der Waals surface area contributed by atoms with Gasteiger partial charge in [-0.3, -0.25) is 0 Å². The quantitative estimate of drug-likeness (QED) is 0.183. The molecule has 3 heterocycles. The van der Waals surface area contributed by atoms with Gasteiger partial charge in [-0.15, -0.1) is 0 Å². The topological polar surface area (TPSA) is 62.1 Å². The lowest BCUT2D eigenvalue weighted by Gasteiger charge is -2.25. The summed E-state index contributed by atoms with van der Waals surface area (Å²) in [5.41, 5.74) is 10.7. The number of para-hydroxylation sites is 2. The minimum atomic E-state index is -0.132. The summed E-state index contributed by atoms with van der Waals surface area (Å²) in [6, 6.07) is 54.2. The van der Waals surface area contributed by atoms with Crippen LogP contribution in [0.4, 0.5) is 0 Å². The van der Waals surface area contributed by atoms with Crippen LogP contribution >= 0.6 is 0 Å². The van der Waals surface area contributed by atoms with Crippen LogP contribution in [0.15, 0.2) is 158 Å². The second-order valence-corrected chi connectivity index (χ2v) is 14.4. The maximum absolute atomic E-state index is 6.66. The molecule has 0 radical (unpaired) electrons. The van der Waals surface area contributed by atoms with Gasteiger partial charge in [-0.1, -0.05) is 111 Å². The largest absolute Gasteiger partial charge is 0.449 e. The number of hydrogen-bond acceptors (Lipinski definition) is 5. The van der Waals surface area contributed by atoms with Gasteiger partial charge in [0.25, 0.3) is 0 Å². The van der Waals surface area contributed by atoms with Gasteiger partial charge in [-0.2, -0.15) is 0 Å². The Morgan fingerprint density at radius 3 is 1.76 bits per heavy atom. The van der Waals surface area contributed by atoms with Crippen molar-refractivity contribution >= 4 is 21.8 Å². The van der Waals surface area contributed by atoms with E-state index in [0.29, 0.717) is 34.7 Å². The number of hydrogen-bond donors (Lipinski definition) is 0. The van der Waals surface area contributed by atoms with Crippen LogP contribution in [0.5, 0.6) is 23.0 Å². The molecule has 2 aliphatic rings. The number of ether oxygens (including phenoxy) is 2. The maximum Gasteiger partial charge on any atom is 0.178 e. The lowest BCUT2D eigenvalue weighted by molar-refractivity contribution is 0.360. The van der Waals surface area contributed by atoms with E-state index in [2.05, 4.69) is 122 Å². The van der Waals surface area contributed by atoms with Gasteiger partial charge in [0.05, 0.1) is 11.0 Å². The Bertz CT molecular complexity index is 2910. The molecule has 0 unspecified atom stereocenters. The Balaban J connectivity index is 0.988. The number of aromatic nitrogens is 4. The number of benzene rings is 7. The molecule has 0 saturated carbocycles. The van der Waals surface area contributed by atoms with Crippen molar-refractivity contribution in [1.29, 1.82) is 0 Å². The maximum atomic E-state index is 6.66. The molecule has 11 rings (SSSR count).